The number of alkyl halides is 1. The van der Waals surface area contributed by atoms with Crippen molar-refractivity contribution in [3.05, 3.63) is 0 Å². The number of amides is 1. The molecule has 1 heterocycles. The summed E-state index contributed by atoms with van der Waals surface area (Å²) in [5.41, 5.74) is 5.75. The van der Waals surface area contributed by atoms with Gasteiger partial charge in [-0.3, -0.25) is 4.79 Å². The van der Waals surface area contributed by atoms with Crippen LogP contribution in [0.3, 0.4) is 0 Å². The highest BCUT2D eigenvalue weighted by Gasteiger charge is 2.29. The molecule has 1 saturated heterocycles. The smallest absolute Gasteiger partial charge is 0.239 e. The highest BCUT2D eigenvalue weighted by Crippen LogP contribution is 2.16. The standard InChI is InChI=1S/C9H17ClN2O/c1-6(2)8(11)9(13)12-4-3-7(10)5-12/h6-8H,3-5,11H2,1-2H3/t7-,8-/m0/s1. The minimum atomic E-state index is -0.373. The molecule has 1 amide bonds. The molecule has 0 unspecified atom stereocenters. The van der Waals surface area contributed by atoms with Gasteiger partial charge in [0.25, 0.3) is 0 Å². The second-order valence-corrected chi connectivity index (χ2v) is 4.56. The van der Waals surface area contributed by atoms with Gasteiger partial charge in [-0.25, -0.2) is 0 Å². The third-order valence-electron chi connectivity index (χ3n) is 2.45. The Bertz CT molecular complexity index is 196. The molecule has 2 atom stereocenters. The van der Waals surface area contributed by atoms with Gasteiger partial charge in [0.15, 0.2) is 0 Å². The van der Waals surface area contributed by atoms with Crippen molar-refractivity contribution in [2.45, 2.75) is 31.7 Å². The predicted octanol–water partition coefficient (Wildman–Crippen LogP) is 0.809. The van der Waals surface area contributed by atoms with Gasteiger partial charge in [0.2, 0.25) is 5.91 Å². The van der Waals surface area contributed by atoms with Crippen LogP contribution in [0.2, 0.25) is 0 Å². The van der Waals surface area contributed by atoms with E-state index >= 15 is 0 Å². The first-order valence-corrected chi connectivity index (χ1v) is 5.14. The molecule has 4 heteroatoms. The highest BCUT2D eigenvalue weighted by atomic mass is 35.5. The van der Waals surface area contributed by atoms with Crippen molar-refractivity contribution in [3.8, 4) is 0 Å². The topological polar surface area (TPSA) is 46.3 Å². The van der Waals surface area contributed by atoms with E-state index in [0.29, 0.717) is 6.54 Å². The molecule has 2 N–H and O–H groups in total. The van der Waals surface area contributed by atoms with E-state index < -0.39 is 0 Å². The summed E-state index contributed by atoms with van der Waals surface area (Å²) >= 11 is 5.90. The Labute approximate surface area is 84.2 Å². The number of carbonyl (C=O) groups is 1. The van der Waals surface area contributed by atoms with Crippen LogP contribution in [0, 0.1) is 5.92 Å². The Hall–Kier alpha value is -0.280. The molecular weight excluding hydrogens is 188 g/mol. The third-order valence-corrected chi connectivity index (χ3v) is 2.80. The zero-order valence-corrected chi connectivity index (χ0v) is 8.92. The lowest BCUT2D eigenvalue weighted by Crippen LogP contribution is -2.45. The van der Waals surface area contributed by atoms with Crippen LogP contribution < -0.4 is 5.73 Å². The van der Waals surface area contributed by atoms with Crippen LogP contribution in [0.4, 0.5) is 0 Å². The minimum Gasteiger partial charge on any atom is -0.340 e. The molecule has 0 spiro atoms. The highest BCUT2D eigenvalue weighted by molar-refractivity contribution is 6.21. The van der Waals surface area contributed by atoms with Crippen LogP contribution in [0.1, 0.15) is 20.3 Å². The fourth-order valence-electron chi connectivity index (χ4n) is 1.41. The van der Waals surface area contributed by atoms with Gasteiger partial charge in [0.05, 0.1) is 11.4 Å². The van der Waals surface area contributed by atoms with Gasteiger partial charge < -0.3 is 10.6 Å². The predicted molar refractivity (Wildman–Crippen MR) is 53.7 cm³/mol. The summed E-state index contributed by atoms with van der Waals surface area (Å²) in [4.78, 5) is 13.4. The fourth-order valence-corrected chi connectivity index (χ4v) is 1.68. The van der Waals surface area contributed by atoms with E-state index in [-0.39, 0.29) is 23.2 Å². The Balaban J connectivity index is 2.48. The molecule has 1 aliphatic heterocycles. The Morgan fingerprint density at radius 3 is 2.62 bits per heavy atom. The van der Waals surface area contributed by atoms with E-state index in [4.69, 9.17) is 17.3 Å². The van der Waals surface area contributed by atoms with Crippen LogP contribution >= 0.6 is 11.6 Å². The minimum absolute atomic E-state index is 0.0400. The molecule has 0 saturated carbocycles. The van der Waals surface area contributed by atoms with E-state index in [1.165, 1.54) is 0 Å². The normalized spacial score (nSPS) is 25.3. The summed E-state index contributed by atoms with van der Waals surface area (Å²) in [5, 5.41) is 0.114. The van der Waals surface area contributed by atoms with E-state index in [2.05, 4.69) is 0 Å². The van der Waals surface area contributed by atoms with Crippen molar-refractivity contribution >= 4 is 17.5 Å². The summed E-state index contributed by atoms with van der Waals surface area (Å²) < 4.78 is 0. The molecule has 1 fully saturated rings. The quantitative estimate of drug-likeness (QED) is 0.677. The summed E-state index contributed by atoms with van der Waals surface area (Å²) in [6, 6.07) is -0.373. The van der Waals surface area contributed by atoms with Crippen LogP contribution in [0.15, 0.2) is 0 Å². The van der Waals surface area contributed by atoms with E-state index in [9.17, 15) is 4.79 Å². The average Bonchev–Trinajstić information content (AvgIpc) is 2.49. The average molecular weight is 205 g/mol. The van der Waals surface area contributed by atoms with Crippen LogP contribution in [0.25, 0.3) is 0 Å². The number of nitrogens with two attached hydrogens (primary N) is 1. The van der Waals surface area contributed by atoms with Crippen molar-refractivity contribution in [2.75, 3.05) is 13.1 Å². The maximum Gasteiger partial charge on any atom is 0.239 e. The van der Waals surface area contributed by atoms with Crippen LogP contribution in [0.5, 0.6) is 0 Å². The van der Waals surface area contributed by atoms with Gasteiger partial charge in [-0.15, -0.1) is 11.6 Å². The van der Waals surface area contributed by atoms with Gasteiger partial charge in [-0.1, -0.05) is 13.8 Å². The Morgan fingerprint density at radius 1 is 1.62 bits per heavy atom. The number of nitrogens with zero attached hydrogens (tertiary/aromatic N) is 1. The lowest BCUT2D eigenvalue weighted by Gasteiger charge is -2.22. The SMILES string of the molecule is CC(C)[C@H](N)C(=O)N1CC[C@H](Cl)C1. The monoisotopic (exact) mass is 204 g/mol. The Morgan fingerprint density at radius 2 is 2.23 bits per heavy atom. The number of likely N-dealkylation sites (tertiary alicyclic amines) is 1. The molecule has 0 aromatic heterocycles. The molecule has 0 aromatic carbocycles. The molecule has 13 heavy (non-hydrogen) atoms. The van der Waals surface area contributed by atoms with Gasteiger partial charge >= 0.3 is 0 Å². The number of carbonyl (C=O) groups excluding carboxylic acids is 1. The molecule has 76 valence electrons. The van der Waals surface area contributed by atoms with E-state index in [1.807, 2.05) is 13.8 Å². The number of hydrogen-bond acceptors (Lipinski definition) is 2. The van der Waals surface area contributed by atoms with E-state index in [0.717, 1.165) is 13.0 Å². The van der Waals surface area contributed by atoms with Crippen LogP contribution in [-0.2, 0) is 4.79 Å². The summed E-state index contributed by atoms with van der Waals surface area (Å²) in [6.07, 6.45) is 0.887. The third kappa shape index (κ3) is 2.58. The lowest BCUT2D eigenvalue weighted by atomic mass is 10.0. The van der Waals surface area contributed by atoms with Crippen molar-refractivity contribution in [1.29, 1.82) is 0 Å². The van der Waals surface area contributed by atoms with Gasteiger partial charge in [-0.2, -0.15) is 0 Å². The summed E-state index contributed by atoms with van der Waals surface area (Å²) in [5.74, 6) is 0.236. The molecule has 0 aromatic rings. The largest absolute Gasteiger partial charge is 0.340 e. The maximum absolute atomic E-state index is 11.7. The molecule has 0 radical (unpaired) electrons. The summed E-state index contributed by atoms with van der Waals surface area (Å²) in [6.45, 7) is 5.32. The molecular formula is C9H17ClN2O. The van der Waals surface area contributed by atoms with Gasteiger partial charge in [-0.05, 0) is 12.3 Å². The van der Waals surface area contributed by atoms with E-state index in [1.54, 1.807) is 4.90 Å². The van der Waals surface area contributed by atoms with Crippen molar-refractivity contribution < 1.29 is 4.79 Å². The van der Waals surface area contributed by atoms with Crippen molar-refractivity contribution in [3.63, 3.8) is 0 Å². The molecule has 1 rings (SSSR count). The fraction of sp³-hybridized carbons (Fsp3) is 0.889. The molecule has 3 nitrogen and oxygen atoms in total. The first-order chi connectivity index (χ1) is 6.02. The first-order valence-electron chi connectivity index (χ1n) is 4.70. The second kappa shape index (κ2) is 4.29. The Kier molecular flexibility index (Phi) is 3.56. The van der Waals surface area contributed by atoms with Gasteiger partial charge in [0, 0.05) is 13.1 Å². The number of hydrogen-bond donors (Lipinski definition) is 1. The summed E-state index contributed by atoms with van der Waals surface area (Å²) in [7, 11) is 0. The molecule has 0 bridgehead atoms. The zero-order chi connectivity index (χ0) is 10.0. The molecule has 0 aliphatic carbocycles. The zero-order valence-electron chi connectivity index (χ0n) is 8.16. The number of halogens is 1. The molecule has 1 aliphatic rings. The van der Waals surface area contributed by atoms with Crippen LogP contribution in [-0.4, -0.2) is 35.3 Å². The van der Waals surface area contributed by atoms with Gasteiger partial charge in [0.1, 0.15) is 0 Å². The number of rotatable bonds is 2. The lowest BCUT2D eigenvalue weighted by molar-refractivity contribution is -0.132. The van der Waals surface area contributed by atoms with Crippen molar-refractivity contribution in [1.82, 2.24) is 4.90 Å². The maximum atomic E-state index is 11.7. The second-order valence-electron chi connectivity index (χ2n) is 3.94. The first kappa shape index (κ1) is 10.8. The van der Waals surface area contributed by atoms with Crippen molar-refractivity contribution in [2.24, 2.45) is 11.7 Å².